The Morgan fingerprint density at radius 1 is 1.21 bits per heavy atom. The van der Waals surface area contributed by atoms with Crippen molar-refractivity contribution in [1.29, 1.82) is 0 Å². The maximum Gasteiger partial charge on any atom is 0.144 e. The van der Waals surface area contributed by atoms with Crippen LogP contribution in [0.25, 0.3) is 0 Å². The van der Waals surface area contributed by atoms with E-state index >= 15 is 0 Å². The Hall–Kier alpha value is -1.87. The molecule has 2 aromatic carbocycles. The van der Waals surface area contributed by atoms with Gasteiger partial charge in [0.2, 0.25) is 0 Å². The molecule has 0 fully saturated rings. The molecule has 100 valence electrons. The summed E-state index contributed by atoms with van der Waals surface area (Å²) in [4.78, 5) is 0. The predicted molar refractivity (Wildman–Crippen MR) is 81.5 cm³/mol. The average molecular weight is 277 g/mol. The van der Waals surface area contributed by atoms with Crippen LogP contribution in [0, 0.1) is 6.92 Å². The average Bonchev–Trinajstić information content (AvgIpc) is 2.38. The molecule has 0 aromatic heterocycles. The van der Waals surface area contributed by atoms with Gasteiger partial charge in [-0.3, -0.25) is 0 Å². The Balaban J connectivity index is 2.36. The highest BCUT2D eigenvalue weighted by Crippen LogP contribution is 2.35. The Morgan fingerprint density at radius 2 is 1.95 bits per heavy atom. The third kappa shape index (κ3) is 2.93. The number of ether oxygens (including phenoxy) is 1. The fourth-order valence-electron chi connectivity index (χ4n) is 1.86. The zero-order valence-corrected chi connectivity index (χ0v) is 11.8. The Kier molecular flexibility index (Phi) is 4.17. The highest BCUT2D eigenvalue weighted by molar-refractivity contribution is 6.33. The van der Waals surface area contributed by atoms with Crippen molar-refractivity contribution in [2.45, 2.75) is 13.8 Å². The summed E-state index contributed by atoms with van der Waals surface area (Å²) in [7, 11) is 0. The lowest BCUT2D eigenvalue weighted by Gasteiger charge is -2.15. The molecule has 0 unspecified atom stereocenters. The summed E-state index contributed by atoms with van der Waals surface area (Å²) in [5.74, 6) is 0.678. The molecule has 0 radical (unpaired) electrons. The summed E-state index contributed by atoms with van der Waals surface area (Å²) < 4.78 is 5.48. The van der Waals surface area contributed by atoms with Crippen LogP contribution in [0.2, 0.25) is 5.02 Å². The Bertz CT molecular complexity index is 564. The van der Waals surface area contributed by atoms with Gasteiger partial charge in [0.25, 0.3) is 0 Å². The number of anilines is 3. The zero-order valence-electron chi connectivity index (χ0n) is 11.0. The van der Waals surface area contributed by atoms with Crippen LogP contribution < -0.4 is 15.8 Å². The van der Waals surface area contributed by atoms with Gasteiger partial charge in [0, 0.05) is 0 Å². The van der Waals surface area contributed by atoms with Crippen LogP contribution in [0.1, 0.15) is 12.5 Å². The monoisotopic (exact) mass is 276 g/mol. The molecule has 2 aromatic rings. The molecule has 2 rings (SSSR count). The lowest BCUT2D eigenvalue weighted by atomic mass is 10.2. The number of para-hydroxylation sites is 2. The summed E-state index contributed by atoms with van der Waals surface area (Å²) in [6.45, 7) is 4.51. The highest BCUT2D eigenvalue weighted by Gasteiger charge is 2.09. The minimum Gasteiger partial charge on any atom is -0.492 e. The molecule has 0 spiro atoms. The molecule has 0 amide bonds. The quantitative estimate of drug-likeness (QED) is 0.815. The van der Waals surface area contributed by atoms with Crippen molar-refractivity contribution in [3.63, 3.8) is 0 Å². The molecule has 0 bridgehead atoms. The summed E-state index contributed by atoms with van der Waals surface area (Å²) >= 11 is 6.20. The number of nitrogens with two attached hydrogens (primary N) is 1. The zero-order chi connectivity index (χ0) is 13.8. The first-order chi connectivity index (χ1) is 9.13. The maximum atomic E-state index is 6.20. The normalized spacial score (nSPS) is 10.3. The van der Waals surface area contributed by atoms with Crippen LogP contribution in [-0.4, -0.2) is 6.61 Å². The van der Waals surface area contributed by atoms with Crippen LogP contribution in [0.15, 0.2) is 36.4 Å². The molecule has 4 heteroatoms. The van der Waals surface area contributed by atoms with Crippen molar-refractivity contribution >= 4 is 28.7 Å². The molecule has 19 heavy (non-hydrogen) atoms. The van der Waals surface area contributed by atoms with E-state index in [0.717, 1.165) is 16.9 Å². The van der Waals surface area contributed by atoms with Crippen LogP contribution in [0.4, 0.5) is 17.1 Å². The molecule has 0 aliphatic heterocycles. The number of nitrogen functional groups attached to an aromatic ring is 1. The molecule has 0 saturated carbocycles. The summed E-state index contributed by atoms with van der Waals surface area (Å²) in [5, 5.41) is 3.94. The molecule has 3 N–H and O–H groups in total. The second kappa shape index (κ2) is 5.85. The fraction of sp³-hybridized carbons (Fsp3) is 0.200. The maximum absolute atomic E-state index is 6.20. The fourth-order valence-corrected chi connectivity index (χ4v) is 2.13. The largest absolute Gasteiger partial charge is 0.492 e. The van der Waals surface area contributed by atoms with Gasteiger partial charge in [-0.25, -0.2) is 0 Å². The van der Waals surface area contributed by atoms with E-state index in [2.05, 4.69) is 5.32 Å². The van der Waals surface area contributed by atoms with E-state index in [9.17, 15) is 0 Å². The van der Waals surface area contributed by atoms with Crippen LogP contribution in [0.5, 0.6) is 5.75 Å². The van der Waals surface area contributed by atoms with Crippen molar-refractivity contribution < 1.29 is 4.74 Å². The van der Waals surface area contributed by atoms with Crippen LogP contribution in [-0.2, 0) is 0 Å². The third-order valence-corrected chi connectivity index (χ3v) is 3.16. The number of halogens is 1. The van der Waals surface area contributed by atoms with Gasteiger partial charge >= 0.3 is 0 Å². The minimum atomic E-state index is 0.582. The lowest BCUT2D eigenvalue weighted by molar-refractivity contribution is 0.342. The predicted octanol–water partition coefficient (Wildman–Crippen LogP) is 4.37. The molecular weight excluding hydrogens is 260 g/mol. The second-order valence-corrected chi connectivity index (χ2v) is 4.61. The topological polar surface area (TPSA) is 47.3 Å². The van der Waals surface area contributed by atoms with Gasteiger partial charge in [-0.05, 0) is 37.6 Å². The standard InChI is InChI=1S/C15H17ClN2O/c1-3-19-13-9-5-8-12(14(13)17)18-15-10(2)6-4-7-11(15)16/h4-9,18H,3,17H2,1-2H3. The Labute approximate surface area is 118 Å². The highest BCUT2D eigenvalue weighted by atomic mass is 35.5. The van der Waals surface area contributed by atoms with E-state index in [-0.39, 0.29) is 0 Å². The van der Waals surface area contributed by atoms with E-state index in [0.29, 0.717) is 23.1 Å². The van der Waals surface area contributed by atoms with Crippen molar-refractivity contribution in [3.8, 4) is 5.75 Å². The van der Waals surface area contributed by atoms with E-state index in [1.165, 1.54) is 0 Å². The molecule has 0 atom stereocenters. The number of benzene rings is 2. The summed E-state index contributed by atoms with van der Waals surface area (Å²) in [6.07, 6.45) is 0. The van der Waals surface area contributed by atoms with Crippen molar-refractivity contribution in [1.82, 2.24) is 0 Å². The van der Waals surface area contributed by atoms with Crippen molar-refractivity contribution in [2.75, 3.05) is 17.7 Å². The summed E-state index contributed by atoms with van der Waals surface area (Å²) in [6, 6.07) is 11.4. The van der Waals surface area contributed by atoms with Gasteiger partial charge in [0.1, 0.15) is 5.75 Å². The third-order valence-electron chi connectivity index (χ3n) is 2.85. The van der Waals surface area contributed by atoms with Gasteiger partial charge in [-0.15, -0.1) is 0 Å². The van der Waals surface area contributed by atoms with Crippen molar-refractivity contribution in [2.24, 2.45) is 0 Å². The first kappa shape index (κ1) is 13.6. The van der Waals surface area contributed by atoms with Gasteiger partial charge < -0.3 is 15.8 Å². The number of hydrogen-bond acceptors (Lipinski definition) is 3. The molecule has 0 aliphatic rings. The number of rotatable bonds is 4. The molecule has 0 aliphatic carbocycles. The van der Waals surface area contributed by atoms with E-state index in [4.69, 9.17) is 22.1 Å². The molecular formula is C15H17ClN2O. The van der Waals surface area contributed by atoms with E-state index < -0.39 is 0 Å². The molecule has 3 nitrogen and oxygen atoms in total. The SMILES string of the molecule is CCOc1cccc(Nc2c(C)cccc2Cl)c1N. The number of nitrogens with one attached hydrogen (secondary N) is 1. The van der Waals surface area contributed by atoms with Crippen LogP contribution >= 0.6 is 11.6 Å². The van der Waals surface area contributed by atoms with Gasteiger partial charge in [-0.1, -0.05) is 29.8 Å². The lowest BCUT2D eigenvalue weighted by Crippen LogP contribution is -2.02. The number of hydrogen-bond donors (Lipinski definition) is 2. The molecule has 0 saturated heterocycles. The molecule has 0 heterocycles. The van der Waals surface area contributed by atoms with Gasteiger partial charge in [-0.2, -0.15) is 0 Å². The smallest absolute Gasteiger partial charge is 0.144 e. The number of aryl methyl sites for hydroxylation is 1. The second-order valence-electron chi connectivity index (χ2n) is 4.21. The van der Waals surface area contributed by atoms with Gasteiger partial charge in [0.05, 0.1) is 28.7 Å². The van der Waals surface area contributed by atoms with Crippen LogP contribution in [0.3, 0.4) is 0 Å². The Morgan fingerprint density at radius 3 is 2.63 bits per heavy atom. The first-order valence-corrected chi connectivity index (χ1v) is 6.54. The van der Waals surface area contributed by atoms with E-state index in [1.807, 2.05) is 50.2 Å². The van der Waals surface area contributed by atoms with Crippen molar-refractivity contribution in [3.05, 3.63) is 47.0 Å². The van der Waals surface area contributed by atoms with Gasteiger partial charge in [0.15, 0.2) is 0 Å². The first-order valence-electron chi connectivity index (χ1n) is 6.17. The van der Waals surface area contributed by atoms with E-state index in [1.54, 1.807) is 0 Å². The minimum absolute atomic E-state index is 0.582. The summed E-state index contributed by atoms with van der Waals surface area (Å²) in [5.41, 5.74) is 9.40.